The molecule has 0 radical (unpaired) electrons. The second-order valence-electron chi connectivity index (χ2n) is 4.88. The fraction of sp³-hybridized carbons (Fsp3) is 0.667. The van der Waals surface area contributed by atoms with Crippen molar-refractivity contribution < 1.29 is 10.2 Å². The Balaban J connectivity index is 1.98. The quantitative estimate of drug-likeness (QED) is 0.611. The normalized spacial score (nSPS) is 50.8. The summed E-state index contributed by atoms with van der Waals surface area (Å²) in [6.45, 7) is 1.80. The Kier molecular flexibility index (Phi) is 1.68. The van der Waals surface area contributed by atoms with Crippen molar-refractivity contribution in [3.05, 3.63) is 23.8 Å². The van der Waals surface area contributed by atoms with Crippen molar-refractivity contribution in [3.8, 4) is 0 Å². The summed E-state index contributed by atoms with van der Waals surface area (Å²) in [6.07, 6.45) is 6.84. The van der Waals surface area contributed by atoms with E-state index in [1.54, 1.807) is 6.92 Å². The van der Waals surface area contributed by atoms with Gasteiger partial charge in [-0.1, -0.05) is 18.2 Å². The highest BCUT2D eigenvalue weighted by Crippen LogP contribution is 2.56. The van der Waals surface area contributed by atoms with E-state index in [1.165, 1.54) is 6.42 Å². The van der Waals surface area contributed by atoms with Crippen LogP contribution < -0.4 is 0 Å². The minimum Gasteiger partial charge on any atom is -0.389 e. The van der Waals surface area contributed by atoms with Crippen LogP contribution in [-0.4, -0.2) is 22.4 Å². The summed E-state index contributed by atoms with van der Waals surface area (Å²) < 4.78 is 0. The molecule has 0 amide bonds. The molecule has 76 valence electrons. The predicted octanol–water partition coefficient (Wildman–Crippen LogP) is 1.11. The van der Waals surface area contributed by atoms with E-state index in [-0.39, 0.29) is 6.10 Å². The summed E-state index contributed by atoms with van der Waals surface area (Å²) in [4.78, 5) is 0. The zero-order valence-electron chi connectivity index (χ0n) is 8.30. The largest absolute Gasteiger partial charge is 0.389 e. The lowest BCUT2D eigenvalue weighted by Gasteiger charge is -2.26. The van der Waals surface area contributed by atoms with Gasteiger partial charge >= 0.3 is 0 Å². The Morgan fingerprint density at radius 1 is 1.36 bits per heavy atom. The van der Waals surface area contributed by atoms with Gasteiger partial charge in [0.15, 0.2) is 0 Å². The van der Waals surface area contributed by atoms with Crippen LogP contribution in [0.5, 0.6) is 0 Å². The van der Waals surface area contributed by atoms with Gasteiger partial charge in [-0.05, 0) is 36.7 Å². The molecule has 2 N–H and O–H groups in total. The summed E-state index contributed by atoms with van der Waals surface area (Å²) >= 11 is 0. The molecule has 0 aromatic heterocycles. The lowest BCUT2D eigenvalue weighted by Crippen LogP contribution is -2.26. The van der Waals surface area contributed by atoms with Crippen molar-refractivity contribution in [1.82, 2.24) is 0 Å². The van der Waals surface area contributed by atoms with Crippen LogP contribution in [0.15, 0.2) is 23.8 Å². The van der Waals surface area contributed by atoms with Crippen molar-refractivity contribution in [3.63, 3.8) is 0 Å². The van der Waals surface area contributed by atoms with Gasteiger partial charge in [-0.2, -0.15) is 0 Å². The fourth-order valence-corrected chi connectivity index (χ4v) is 3.63. The molecule has 0 aliphatic heterocycles. The smallest absolute Gasteiger partial charge is 0.0764 e. The van der Waals surface area contributed by atoms with E-state index in [0.29, 0.717) is 23.7 Å². The summed E-state index contributed by atoms with van der Waals surface area (Å²) in [6, 6.07) is 0. The molecular formula is C12H16O2. The molecule has 2 nitrogen and oxygen atoms in total. The summed E-state index contributed by atoms with van der Waals surface area (Å²) in [5, 5.41) is 19.6. The highest BCUT2D eigenvalue weighted by atomic mass is 16.3. The van der Waals surface area contributed by atoms with Gasteiger partial charge in [0.25, 0.3) is 0 Å². The van der Waals surface area contributed by atoms with Crippen LogP contribution in [0, 0.1) is 23.7 Å². The average Bonchev–Trinajstić information content (AvgIpc) is 2.75. The molecule has 3 aliphatic carbocycles. The first-order valence-electron chi connectivity index (χ1n) is 5.44. The van der Waals surface area contributed by atoms with Gasteiger partial charge in [0.05, 0.1) is 12.2 Å². The maximum Gasteiger partial charge on any atom is 0.0764 e. The van der Waals surface area contributed by atoms with E-state index in [1.807, 2.05) is 6.08 Å². The Labute approximate surface area is 83.9 Å². The number of aliphatic hydroxyl groups is 2. The molecule has 1 fully saturated rings. The first-order chi connectivity index (χ1) is 6.68. The molecule has 1 saturated carbocycles. The minimum absolute atomic E-state index is 0.329. The van der Waals surface area contributed by atoms with Crippen LogP contribution in [0.2, 0.25) is 0 Å². The predicted molar refractivity (Wildman–Crippen MR) is 53.5 cm³/mol. The first-order valence-corrected chi connectivity index (χ1v) is 5.44. The molecule has 0 aromatic carbocycles. The third-order valence-corrected chi connectivity index (χ3v) is 4.15. The summed E-state index contributed by atoms with van der Waals surface area (Å²) in [7, 11) is 0. The van der Waals surface area contributed by atoms with E-state index < -0.39 is 6.10 Å². The maximum absolute atomic E-state index is 9.92. The van der Waals surface area contributed by atoms with Gasteiger partial charge in [-0.3, -0.25) is 0 Å². The van der Waals surface area contributed by atoms with Crippen molar-refractivity contribution >= 4 is 0 Å². The lowest BCUT2D eigenvalue weighted by atomic mass is 9.80. The number of hydrogen-bond donors (Lipinski definition) is 2. The highest BCUT2D eigenvalue weighted by molar-refractivity contribution is 5.32. The number of aliphatic hydroxyl groups excluding tert-OH is 2. The van der Waals surface area contributed by atoms with Crippen LogP contribution in [0.25, 0.3) is 0 Å². The van der Waals surface area contributed by atoms with E-state index in [0.717, 1.165) is 5.57 Å². The first kappa shape index (κ1) is 8.69. The molecule has 0 heterocycles. The van der Waals surface area contributed by atoms with E-state index >= 15 is 0 Å². The van der Waals surface area contributed by atoms with Crippen molar-refractivity contribution in [2.75, 3.05) is 0 Å². The summed E-state index contributed by atoms with van der Waals surface area (Å²) in [5.74, 6) is 1.89. The van der Waals surface area contributed by atoms with Gasteiger partial charge in [0, 0.05) is 5.92 Å². The van der Waals surface area contributed by atoms with Crippen molar-refractivity contribution in [1.29, 1.82) is 0 Å². The molecule has 0 saturated heterocycles. The number of hydrogen-bond acceptors (Lipinski definition) is 2. The number of rotatable bonds is 1. The molecule has 14 heavy (non-hydrogen) atoms. The van der Waals surface area contributed by atoms with E-state index in [2.05, 4.69) is 12.2 Å². The molecule has 0 spiro atoms. The van der Waals surface area contributed by atoms with Gasteiger partial charge in [-0.15, -0.1) is 0 Å². The van der Waals surface area contributed by atoms with Gasteiger partial charge in [0.2, 0.25) is 0 Å². The monoisotopic (exact) mass is 192 g/mol. The summed E-state index contributed by atoms with van der Waals surface area (Å²) in [5.41, 5.74) is 1.07. The fourth-order valence-electron chi connectivity index (χ4n) is 3.63. The topological polar surface area (TPSA) is 40.5 Å². The zero-order chi connectivity index (χ0) is 9.87. The standard InChI is InChI=1S/C12H16O2/c1-6(13)9-5-10(14)12-8-3-2-7(4-8)11(9)12/h2-3,5-8,10-14H,4H2,1H3/t6-,7+,8-,10+,11-,12+/m0/s1. The Hall–Kier alpha value is -0.600. The molecule has 0 aromatic rings. The molecular weight excluding hydrogens is 176 g/mol. The van der Waals surface area contributed by atoms with E-state index in [9.17, 15) is 10.2 Å². The molecule has 2 heteroatoms. The Bertz CT molecular complexity index is 316. The second kappa shape index (κ2) is 2.71. The van der Waals surface area contributed by atoms with Gasteiger partial charge in [0.1, 0.15) is 0 Å². The van der Waals surface area contributed by atoms with Crippen LogP contribution in [-0.2, 0) is 0 Å². The Morgan fingerprint density at radius 3 is 2.79 bits per heavy atom. The van der Waals surface area contributed by atoms with Crippen LogP contribution in [0.1, 0.15) is 13.3 Å². The minimum atomic E-state index is -0.396. The molecule has 3 aliphatic rings. The second-order valence-corrected chi connectivity index (χ2v) is 4.88. The third kappa shape index (κ3) is 0.931. The van der Waals surface area contributed by atoms with Crippen LogP contribution in [0.4, 0.5) is 0 Å². The molecule has 0 unspecified atom stereocenters. The molecule has 3 rings (SSSR count). The maximum atomic E-state index is 9.92. The molecule has 6 atom stereocenters. The van der Waals surface area contributed by atoms with Crippen LogP contribution in [0.3, 0.4) is 0 Å². The SMILES string of the molecule is C[C@H](O)C1=C[C@@H](O)[C@@H]2[C@H]1[C@@H]1C=C[C@H]2C1. The van der Waals surface area contributed by atoms with Crippen LogP contribution >= 0.6 is 0 Å². The van der Waals surface area contributed by atoms with Gasteiger partial charge < -0.3 is 10.2 Å². The Morgan fingerprint density at radius 2 is 2.07 bits per heavy atom. The average molecular weight is 192 g/mol. The van der Waals surface area contributed by atoms with E-state index in [4.69, 9.17) is 0 Å². The van der Waals surface area contributed by atoms with Crippen molar-refractivity contribution in [2.45, 2.75) is 25.6 Å². The third-order valence-electron chi connectivity index (χ3n) is 4.15. The zero-order valence-corrected chi connectivity index (χ0v) is 8.30. The number of allylic oxidation sites excluding steroid dienone is 2. The molecule has 2 bridgehead atoms. The number of fused-ring (bicyclic) bond motifs is 5. The van der Waals surface area contributed by atoms with Crippen molar-refractivity contribution in [2.24, 2.45) is 23.7 Å². The lowest BCUT2D eigenvalue weighted by molar-refractivity contribution is 0.126. The van der Waals surface area contributed by atoms with Gasteiger partial charge in [-0.25, -0.2) is 0 Å². The highest BCUT2D eigenvalue weighted by Gasteiger charge is 2.52.